The molecule has 0 unspecified atom stereocenters. The molecule has 0 heterocycles. The lowest BCUT2D eigenvalue weighted by Gasteiger charge is -2.11. The molecule has 0 fully saturated rings. The lowest BCUT2D eigenvalue weighted by atomic mass is 10.1. The van der Waals surface area contributed by atoms with Crippen LogP contribution in [0.1, 0.15) is 21.5 Å². The minimum atomic E-state index is -4.47. The van der Waals surface area contributed by atoms with Gasteiger partial charge in [0, 0.05) is 15.7 Å². The Kier molecular flexibility index (Phi) is 4.37. The van der Waals surface area contributed by atoms with E-state index in [-0.39, 0.29) is 10.2 Å². The summed E-state index contributed by atoms with van der Waals surface area (Å²) in [6.45, 7) is 1.88. The molecule has 0 radical (unpaired) electrons. The third kappa shape index (κ3) is 4.07. The molecule has 0 aromatic heterocycles. The summed E-state index contributed by atoms with van der Waals surface area (Å²) < 4.78 is 38.4. The lowest BCUT2D eigenvalue weighted by molar-refractivity contribution is -0.137. The average molecular weight is 358 g/mol. The van der Waals surface area contributed by atoms with Crippen LogP contribution < -0.4 is 5.32 Å². The summed E-state index contributed by atoms with van der Waals surface area (Å²) in [6, 6.07) is 10.0. The van der Waals surface area contributed by atoms with Gasteiger partial charge in [-0.25, -0.2) is 0 Å². The van der Waals surface area contributed by atoms with E-state index < -0.39 is 17.6 Å². The zero-order valence-corrected chi connectivity index (χ0v) is 12.5. The molecule has 2 aromatic rings. The van der Waals surface area contributed by atoms with Crippen molar-refractivity contribution in [3.05, 3.63) is 63.6 Å². The van der Waals surface area contributed by atoms with Gasteiger partial charge in [-0.05, 0) is 37.3 Å². The quantitative estimate of drug-likeness (QED) is 0.802. The van der Waals surface area contributed by atoms with Crippen LogP contribution in [0, 0.1) is 6.92 Å². The van der Waals surface area contributed by atoms with Crippen molar-refractivity contribution in [2.75, 3.05) is 5.32 Å². The number of carbonyl (C=O) groups excluding carboxylic acids is 1. The van der Waals surface area contributed by atoms with Crippen molar-refractivity contribution in [3.63, 3.8) is 0 Å². The van der Waals surface area contributed by atoms with Crippen LogP contribution in [-0.4, -0.2) is 5.91 Å². The van der Waals surface area contributed by atoms with Crippen LogP contribution in [0.5, 0.6) is 0 Å². The number of alkyl halides is 3. The van der Waals surface area contributed by atoms with Crippen LogP contribution in [0.2, 0.25) is 0 Å². The van der Waals surface area contributed by atoms with Gasteiger partial charge in [0.1, 0.15) is 0 Å². The van der Waals surface area contributed by atoms with Crippen molar-refractivity contribution in [2.24, 2.45) is 0 Å². The van der Waals surface area contributed by atoms with Gasteiger partial charge in [0.05, 0.1) is 5.56 Å². The maximum atomic E-state index is 12.7. The number of benzene rings is 2. The van der Waals surface area contributed by atoms with Gasteiger partial charge < -0.3 is 5.32 Å². The lowest BCUT2D eigenvalue weighted by Crippen LogP contribution is -2.13. The van der Waals surface area contributed by atoms with Crippen LogP contribution in [0.25, 0.3) is 0 Å². The van der Waals surface area contributed by atoms with E-state index >= 15 is 0 Å². The largest absolute Gasteiger partial charge is 0.416 e. The van der Waals surface area contributed by atoms with Crippen molar-refractivity contribution in [2.45, 2.75) is 13.1 Å². The van der Waals surface area contributed by atoms with Crippen molar-refractivity contribution in [1.29, 1.82) is 0 Å². The molecule has 0 aliphatic rings. The molecule has 0 spiro atoms. The van der Waals surface area contributed by atoms with Crippen LogP contribution >= 0.6 is 15.9 Å². The van der Waals surface area contributed by atoms with E-state index in [1.54, 1.807) is 24.3 Å². The molecule has 0 aliphatic heterocycles. The Morgan fingerprint density at radius 1 is 1.10 bits per heavy atom. The molecule has 2 rings (SSSR count). The Hall–Kier alpha value is -1.82. The number of rotatable bonds is 2. The maximum absolute atomic E-state index is 12.7. The summed E-state index contributed by atoms with van der Waals surface area (Å²) in [7, 11) is 0. The number of aryl methyl sites for hydroxylation is 1. The Morgan fingerprint density at radius 2 is 1.71 bits per heavy atom. The smallest absolute Gasteiger partial charge is 0.322 e. The highest BCUT2D eigenvalue weighted by Crippen LogP contribution is 2.33. The number of halogens is 4. The average Bonchev–Trinajstić information content (AvgIpc) is 2.37. The highest BCUT2D eigenvalue weighted by molar-refractivity contribution is 9.10. The van der Waals surface area contributed by atoms with Crippen LogP contribution in [-0.2, 0) is 6.18 Å². The van der Waals surface area contributed by atoms with E-state index in [4.69, 9.17) is 0 Å². The molecule has 0 aliphatic carbocycles. The first-order chi connectivity index (χ1) is 9.75. The Morgan fingerprint density at radius 3 is 2.29 bits per heavy atom. The first-order valence-corrected chi connectivity index (χ1v) is 6.81. The van der Waals surface area contributed by atoms with Gasteiger partial charge in [0.15, 0.2) is 0 Å². The molecule has 0 atom stereocenters. The van der Waals surface area contributed by atoms with Crippen molar-refractivity contribution in [1.82, 2.24) is 0 Å². The summed E-state index contributed by atoms with van der Waals surface area (Å²) in [4.78, 5) is 12.0. The Bertz CT molecular complexity index is 666. The monoisotopic (exact) mass is 357 g/mol. The summed E-state index contributed by atoms with van der Waals surface area (Å²) >= 11 is 3.01. The molecule has 0 saturated heterocycles. The highest BCUT2D eigenvalue weighted by atomic mass is 79.9. The second kappa shape index (κ2) is 5.89. The number of nitrogens with one attached hydrogen (secondary N) is 1. The molecular weight excluding hydrogens is 347 g/mol. The zero-order chi connectivity index (χ0) is 15.6. The first-order valence-electron chi connectivity index (χ1n) is 6.01. The fourth-order valence-corrected chi connectivity index (χ4v) is 2.23. The molecule has 2 nitrogen and oxygen atoms in total. The second-order valence-corrected chi connectivity index (χ2v) is 5.46. The molecule has 110 valence electrons. The summed E-state index contributed by atoms with van der Waals surface area (Å²) in [6.07, 6.45) is -4.47. The van der Waals surface area contributed by atoms with Crippen molar-refractivity contribution < 1.29 is 18.0 Å². The van der Waals surface area contributed by atoms with Gasteiger partial charge in [-0.15, -0.1) is 0 Å². The van der Waals surface area contributed by atoms with E-state index in [0.717, 1.165) is 17.7 Å². The van der Waals surface area contributed by atoms with Gasteiger partial charge in [-0.3, -0.25) is 4.79 Å². The molecular formula is C15H11BrF3NO. The van der Waals surface area contributed by atoms with E-state index in [2.05, 4.69) is 21.2 Å². The van der Waals surface area contributed by atoms with E-state index in [0.29, 0.717) is 5.56 Å². The normalized spacial score (nSPS) is 11.3. The molecule has 1 N–H and O–H groups in total. The minimum absolute atomic E-state index is 0.0854. The van der Waals surface area contributed by atoms with Gasteiger partial charge in [0.25, 0.3) is 5.91 Å². The van der Waals surface area contributed by atoms with Crippen LogP contribution in [0.4, 0.5) is 18.9 Å². The number of hydrogen-bond acceptors (Lipinski definition) is 1. The minimum Gasteiger partial charge on any atom is -0.322 e. The van der Waals surface area contributed by atoms with Crippen molar-refractivity contribution >= 4 is 27.5 Å². The second-order valence-electron chi connectivity index (χ2n) is 4.55. The molecule has 6 heteroatoms. The fourth-order valence-electron chi connectivity index (χ4n) is 1.73. The molecule has 21 heavy (non-hydrogen) atoms. The van der Waals surface area contributed by atoms with Gasteiger partial charge in [0.2, 0.25) is 0 Å². The predicted octanol–water partition coefficient (Wildman–Crippen LogP) is 5.03. The highest BCUT2D eigenvalue weighted by Gasteiger charge is 2.31. The number of anilines is 1. The van der Waals surface area contributed by atoms with E-state index in [1.165, 1.54) is 6.07 Å². The number of hydrogen-bond donors (Lipinski definition) is 1. The number of amides is 1. The zero-order valence-electron chi connectivity index (χ0n) is 11.0. The summed E-state index contributed by atoms with van der Waals surface area (Å²) in [5, 5.41) is 2.46. The standard InChI is InChI=1S/C15H11BrF3NO/c1-9-2-4-10(5-3-9)14(21)20-13-7-11(15(17,18)19)6-12(16)8-13/h2-8H,1H3,(H,20,21). The predicted molar refractivity (Wildman–Crippen MR) is 78.3 cm³/mol. The first kappa shape index (κ1) is 15.6. The van der Waals surface area contributed by atoms with Gasteiger partial charge >= 0.3 is 6.18 Å². The summed E-state index contributed by atoms with van der Waals surface area (Å²) in [5.74, 6) is -0.457. The van der Waals surface area contributed by atoms with Crippen LogP contribution in [0.3, 0.4) is 0 Å². The fraction of sp³-hybridized carbons (Fsp3) is 0.133. The Labute approximate surface area is 128 Å². The van der Waals surface area contributed by atoms with Crippen LogP contribution in [0.15, 0.2) is 46.9 Å². The van der Waals surface area contributed by atoms with E-state index in [1.807, 2.05) is 6.92 Å². The third-order valence-electron chi connectivity index (χ3n) is 2.80. The van der Waals surface area contributed by atoms with Gasteiger partial charge in [-0.1, -0.05) is 33.6 Å². The van der Waals surface area contributed by atoms with E-state index in [9.17, 15) is 18.0 Å². The molecule has 1 amide bonds. The maximum Gasteiger partial charge on any atom is 0.416 e. The SMILES string of the molecule is Cc1ccc(C(=O)Nc2cc(Br)cc(C(F)(F)F)c2)cc1. The third-order valence-corrected chi connectivity index (χ3v) is 3.25. The summed E-state index contributed by atoms with van der Waals surface area (Å²) in [5.41, 5.74) is 0.640. The topological polar surface area (TPSA) is 29.1 Å². The Balaban J connectivity index is 2.25. The van der Waals surface area contributed by atoms with Gasteiger partial charge in [-0.2, -0.15) is 13.2 Å². The molecule has 0 bridgehead atoms. The molecule has 2 aromatic carbocycles. The molecule has 0 saturated carbocycles. The van der Waals surface area contributed by atoms with Crippen molar-refractivity contribution in [3.8, 4) is 0 Å². The number of carbonyl (C=O) groups is 1.